The van der Waals surface area contributed by atoms with Crippen LogP contribution in [0.3, 0.4) is 0 Å². The Bertz CT molecular complexity index is 936. The van der Waals surface area contributed by atoms with E-state index >= 15 is 0 Å². The Morgan fingerprint density at radius 3 is 2.76 bits per heavy atom. The third-order valence-corrected chi connectivity index (χ3v) is 5.69. The van der Waals surface area contributed by atoms with Gasteiger partial charge in [0.25, 0.3) is 0 Å². The van der Waals surface area contributed by atoms with Crippen molar-refractivity contribution in [3.05, 3.63) is 62.5 Å². The maximum Gasteiger partial charge on any atom is 0.133 e. The molecule has 0 bridgehead atoms. The molecule has 0 unspecified atom stereocenters. The molecule has 0 saturated carbocycles. The third-order valence-electron chi connectivity index (χ3n) is 4.39. The molecule has 2 heterocycles. The molecule has 2 aromatic carbocycles. The molecule has 0 aliphatic carbocycles. The summed E-state index contributed by atoms with van der Waals surface area (Å²) in [7, 11) is 0. The van der Waals surface area contributed by atoms with E-state index in [-0.39, 0.29) is 0 Å². The van der Waals surface area contributed by atoms with Crippen molar-refractivity contribution < 1.29 is 0 Å². The Balaban J connectivity index is 1.95. The Hall–Kier alpha value is -1.49. The van der Waals surface area contributed by atoms with E-state index in [1.54, 1.807) is 6.07 Å². The van der Waals surface area contributed by atoms with Crippen LogP contribution in [0.1, 0.15) is 18.4 Å². The van der Waals surface area contributed by atoms with E-state index in [2.05, 4.69) is 33.4 Å². The first kappa shape index (κ1) is 17.0. The molecular formula is C19H16BrCl2N3. The lowest BCUT2D eigenvalue weighted by molar-refractivity contribution is 0.780. The normalized spacial score (nSPS) is 13.9. The molecule has 4 rings (SSSR count). The predicted molar refractivity (Wildman–Crippen MR) is 108 cm³/mol. The molecule has 3 aromatic rings. The average molecular weight is 437 g/mol. The number of hydrogen-bond acceptors (Lipinski definition) is 2. The van der Waals surface area contributed by atoms with Gasteiger partial charge >= 0.3 is 0 Å². The fraction of sp³-hybridized carbons (Fsp3) is 0.211. The molecule has 0 spiro atoms. The van der Waals surface area contributed by atoms with E-state index < -0.39 is 0 Å². The maximum absolute atomic E-state index is 6.46. The molecule has 25 heavy (non-hydrogen) atoms. The molecule has 128 valence electrons. The van der Waals surface area contributed by atoms with Gasteiger partial charge in [0.2, 0.25) is 0 Å². The minimum atomic E-state index is 0.515. The van der Waals surface area contributed by atoms with Crippen molar-refractivity contribution in [3.63, 3.8) is 0 Å². The van der Waals surface area contributed by atoms with Gasteiger partial charge in [-0.15, -0.1) is 0 Å². The van der Waals surface area contributed by atoms with E-state index in [4.69, 9.17) is 28.3 Å². The highest BCUT2D eigenvalue weighted by molar-refractivity contribution is 9.10. The fourth-order valence-corrected chi connectivity index (χ4v) is 3.98. The summed E-state index contributed by atoms with van der Waals surface area (Å²) in [6, 6.07) is 13.9. The zero-order valence-electron chi connectivity index (χ0n) is 13.4. The zero-order chi connectivity index (χ0) is 17.4. The zero-order valence-corrected chi connectivity index (χ0v) is 16.5. The summed E-state index contributed by atoms with van der Waals surface area (Å²) >= 11 is 16.2. The molecule has 0 fully saturated rings. The van der Waals surface area contributed by atoms with Crippen molar-refractivity contribution in [1.82, 2.24) is 9.78 Å². The van der Waals surface area contributed by atoms with Crippen molar-refractivity contribution >= 4 is 44.9 Å². The van der Waals surface area contributed by atoms with Gasteiger partial charge in [-0.25, -0.2) is 4.68 Å². The topological polar surface area (TPSA) is 29.9 Å². The summed E-state index contributed by atoms with van der Waals surface area (Å²) in [5.41, 5.74) is 4.10. The minimum Gasteiger partial charge on any atom is -0.370 e. The quantitative estimate of drug-likeness (QED) is 0.506. The lowest BCUT2D eigenvalue weighted by Crippen LogP contribution is -2.07. The summed E-state index contributed by atoms with van der Waals surface area (Å²) in [5.74, 6) is 1.01. The standard InChI is InChI=1S/C19H16BrCl2N3/c20-13-6-3-5-12(11-13)18-14-7-1-2-10-23-19(14)25(24-18)16-9-4-8-15(21)17(16)22/h3-6,8-9,11,23H,1-2,7,10H2. The molecule has 1 N–H and O–H groups in total. The van der Waals surface area contributed by atoms with Crippen LogP contribution in [0.25, 0.3) is 16.9 Å². The van der Waals surface area contributed by atoms with E-state index in [9.17, 15) is 0 Å². The van der Waals surface area contributed by atoms with E-state index in [0.717, 1.165) is 53.0 Å². The molecule has 0 atom stereocenters. The van der Waals surface area contributed by atoms with Crippen molar-refractivity contribution in [2.24, 2.45) is 0 Å². The second-order valence-corrected chi connectivity index (χ2v) is 7.76. The smallest absolute Gasteiger partial charge is 0.133 e. The highest BCUT2D eigenvalue weighted by Crippen LogP contribution is 2.37. The molecule has 6 heteroatoms. The van der Waals surface area contributed by atoms with E-state index in [1.165, 1.54) is 5.56 Å². The number of hydrogen-bond donors (Lipinski definition) is 1. The van der Waals surface area contributed by atoms with Crippen molar-refractivity contribution in [3.8, 4) is 16.9 Å². The van der Waals surface area contributed by atoms with Crippen LogP contribution in [-0.2, 0) is 6.42 Å². The Morgan fingerprint density at radius 2 is 1.92 bits per heavy atom. The third kappa shape index (κ3) is 3.19. The summed E-state index contributed by atoms with van der Waals surface area (Å²) in [5, 5.41) is 9.48. The SMILES string of the molecule is Clc1cccc(-n2nc(-c3cccc(Br)c3)c3c2NCCCC3)c1Cl. The van der Waals surface area contributed by atoms with Crippen LogP contribution in [0, 0.1) is 0 Å². The van der Waals surface area contributed by atoms with Gasteiger partial charge in [0, 0.05) is 22.1 Å². The van der Waals surface area contributed by atoms with Gasteiger partial charge in [-0.05, 0) is 43.5 Å². The second kappa shape index (κ2) is 7.02. The van der Waals surface area contributed by atoms with Crippen LogP contribution in [0.2, 0.25) is 10.0 Å². The second-order valence-electron chi connectivity index (χ2n) is 6.05. The minimum absolute atomic E-state index is 0.515. The van der Waals surface area contributed by atoms with Gasteiger partial charge in [-0.1, -0.05) is 57.3 Å². The number of anilines is 1. The first-order valence-electron chi connectivity index (χ1n) is 8.21. The number of rotatable bonds is 2. The van der Waals surface area contributed by atoms with Crippen LogP contribution in [0.15, 0.2) is 46.9 Å². The number of aromatic nitrogens is 2. The maximum atomic E-state index is 6.46. The lowest BCUT2D eigenvalue weighted by atomic mass is 10.0. The van der Waals surface area contributed by atoms with Crippen molar-refractivity contribution in [2.75, 3.05) is 11.9 Å². The van der Waals surface area contributed by atoms with E-state index in [1.807, 2.05) is 28.9 Å². The van der Waals surface area contributed by atoms with Crippen molar-refractivity contribution in [1.29, 1.82) is 0 Å². The van der Waals surface area contributed by atoms with Gasteiger partial charge in [-0.3, -0.25) is 0 Å². The average Bonchev–Trinajstić information content (AvgIpc) is 2.79. The van der Waals surface area contributed by atoms with Crippen LogP contribution in [0.5, 0.6) is 0 Å². The lowest BCUT2D eigenvalue weighted by Gasteiger charge is -2.11. The van der Waals surface area contributed by atoms with Gasteiger partial charge in [-0.2, -0.15) is 5.10 Å². The Morgan fingerprint density at radius 1 is 1.08 bits per heavy atom. The summed E-state index contributed by atoms with van der Waals surface area (Å²) in [6.45, 7) is 0.925. The van der Waals surface area contributed by atoms with Gasteiger partial charge in [0.15, 0.2) is 0 Å². The molecule has 0 amide bonds. The van der Waals surface area contributed by atoms with Crippen LogP contribution < -0.4 is 5.32 Å². The van der Waals surface area contributed by atoms with Gasteiger partial charge in [0.05, 0.1) is 21.4 Å². The van der Waals surface area contributed by atoms with Crippen LogP contribution in [-0.4, -0.2) is 16.3 Å². The fourth-order valence-electron chi connectivity index (χ4n) is 3.20. The molecule has 1 aromatic heterocycles. The molecule has 1 aliphatic rings. The molecule has 0 radical (unpaired) electrons. The first-order chi connectivity index (χ1) is 12.1. The highest BCUT2D eigenvalue weighted by atomic mass is 79.9. The Labute approximate surface area is 165 Å². The van der Waals surface area contributed by atoms with Crippen LogP contribution in [0.4, 0.5) is 5.82 Å². The molecule has 0 saturated heterocycles. The number of benzene rings is 2. The summed E-state index contributed by atoms with van der Waals surface area (Å²) < 4.78 is 2.93. The van der Waals surface area contributed by atoms with Gasteiger partial charge < -0.3 is 5.32 Å². The largest absolute Gasteiger partial charge is 0.370 e. The number of halogens is 3. The Kier molecular flexibility index (Phi) is 4.76. The number of fused-ring (bicyclic) bond motifs is 1. The van der Waals surface area contributed by atoms with E-state index in [0.29, 0.717) is 10.0 Å². The monoisotopic (exact) mass is 435 g/mol. The summed E-state index contributed by atoms with van der Waals surface area (Å²) in [6.07, 6.45) is 3.26. The number of nitrogens with one attached hydrogen (secondary N) is 1. The van der Waals surface area contributed by atoms with Crippen molar-refractivity contribution in [2.45, 2.75) is 19.3 Å². The van der Waals surface area contributed by atoms with Crippen LogP contribution >= 0.6 is 39.1 Å². The highest BCUT2D eigenvalue weighted by Gasteiger charge is 2.23. The summed E-state index contributed by atoms with van der Waals surface area (Å²) in [4.78, 5) is 0. The van der Waals surface area contributed by atoms with Gasteiger partial charge in [0.1, 0.15) is 5.82 Å². The predicted octanol–water partition coefficient (Wildman–Crippen LogP) is 6.36. The molecule has 3 nitrogen and oxygen atoms in total. The molecular weight excluding hydrogens is 421 g/mol. The number of nitrogens with zero attached hydrogens (tertiary/aromatic N) is 2. The first-order valence-corrected chi connectivity index (χ1v) is 9.76. The molecule has 1 aliphatic heterocycles.